The van der Waals surface area contributed by atoms with Gasteiger partial charge < -0.3 is 9.52 Å². The number of nitrogens with zero attached hydrogens (tertiary/aromatic N) is 1. The van der Waals surface area contributed by atoms with Gasteiger partial charge in [0.2, 0.25) is 5.76 Å². The Kier molecular flexibility index (Phi) is 4.30. The van der Waals surface area contributed by atoms with Crippen molar-refractivity contribution in [3.8, 4) is 0 Å². The molecule has 0 unspecified atom stereocenters. The Balaban J connectivity index is 1.94. The van der Waals surface area contributed by atoms with Crippen LogP contribution >= 0.6 is 0 Å². The number of hydrogen-bond donors (Lipinski definition) is 1. The van der Waals surface area contributed by atoms with Gasteiger partial charge in [0, 0.05) is 12.1 Å². The third-order valence-corrected chi connectivity index (χ3v) is 4.20. The highest BCUT2D eigenvalue weighted by molar-refractivity contribution is 5.84. The van der Waals surface area contributed by atoms with Crippen molar-refractivity contribution in [2.75, 3.05) is 13.1 Å². The fraction of sp³-hybridized carbons (Fsp3) is 0.667. The summed E-state index contributed by atoms with van der Waals surface area (Å²) in [6, 6.07) is 1.66. The highest BCUT2D eigenvalue weighted by Gasteiger charge is 2.23. The van der Waals surface area contributed by atoms with Gasteiger partial charge in [0.25, 0.3) is 0 Å². The number of hydrogen-bond acceptors (Lipinski definition) is 3. The molecule has 0 amide bonds. The second-order valence-corrected chi connectivity index (χ2v) is 5.85. The summed E-state index contributed by atoms with van der Waals surface area (Å²) in [5.74, 6) is 1.37. The van der Waals surface area contributed by atoms with Crippen LogP contribution < -0.4 is 0 Å². The highest BCUT2D eigenvalue weighted by Crippen LogP contribution is 2.26. The quantitative estimate of drug-likeness (QED) is 0.908. The number of aromatic carboxylic acids is 1. The molecule has 0 spiro atoms. The van der Waals surface area contributed by atoms with Crippen molar-refractivity contribution in [3.05, 3.63) is 23.2 Å². The summed E-state index contributed by atoms with van der Waals surface area (Å²) in [7, 11) is 0. The van der Waals surface area contributed by atoms with E-state index in [4.69, 9.17) is 9.52 Å². The molecule has 4 nitrogen and oxygen atoms in total. The van der Waals surface area contributed by atoms with Gasteiger partial charge in [0.15, 0.2) is 0 Å². The van der Waals surface area contributed by atoms with Crippen molar-refractivity contribution < 1.29 is 14.3 Å². The molecule has 1 aliphatic rings. The van der Waals surface area contributed by atoms with Crippen LogP contribution in [0.1, 0.15) is 48.6 Å². The van der Waals surface area contributed by atoms with E-state index in [1.165, 1.54) is 12.8 Å². The van der Waals surface area contributed by atoms with Crippen molar-refractivity contribution in [2.45, 2.75) is 40.2 Å². The Morgan fingerprint density at radius 3 is 2.58 bits per heavy atom. The Labute approximate surface area is 114 Å². The Morgan fingerprint density at radius 1 is 1.47 bits per heavy atom. The van der Waals surface area contributed by atoms with Crippen LogP contribution in [0.25, 0.3) is 0 Å². The minimum Gasteiger partial charge on any atom is -0.475 e. The molecular formula is C15H23NO3. The molecule has 1 aliphatic heterocycles. The van der Waals surface area contributed by atoms with E-state index in [0.29, 0.717) is 0 Å². The molecule has 1 aromatic heterocycles. The van der Waals surface area contributed by atoms with Crippen LogP contribution in [0.5, 0.6) is 0 Å². The lowest BCUT2D eigenvalue weighted by Gasteiger charge is -2.33. The number of rotatable bonds is 4. The van der Waals surface area contributed by atoms with E-state index < -0.39 is 5.97 Å². The van der Waals surface area contributed by atoms with E-state index in [0.717, 1.165) is 42.8 Å². The molecule has 19 heavy (non-hydrogen) atoms. The average Bonchev–Trinajstić information content (AvgIpc) is 2.72. The van der Waals surface area contributed by atoms with E-state index in [2.05, 4.69) is 18.7 Å². The maximum Gasteiger partial charge on any atom is 0.371 e. The van der Waals surface area contributed by atoms with Crippen molar-refractivity contribution >= 4 is 5.97 Å². The third-order valence-electron chi connectivity index (χ3n) is 4.20. The molecule has 106 valence electrons. The first-order valence-electron chi connectivity index (χ1n) is 7.02. The molecule has 0 aromatic carbocycles. The topological polar surface area (TPSA) is 53.7 Å². The minimum atomic E-state index is -0.993. The van der Waals surface area contributed by atoms with Gasteiger partial charge >= 0.3 is 5.97 Å². The van der Waals surface area contributed by atoms with E-state index in [1.54, 1.807) is 6.07 Å². The van der Waals surface area contributed by atoms with Crippen molar-refractivity contribution in [1.29, 1.82) is 0 Å². The number of carboxylic acid groups (broad SMARTS) is 1. The van der Waals surface area contributed by atoms with Crippen LogP contribution in [-0.2, 0) is 6.54 Å². The van der Waals surface area contributed by atoms with E-state index in [1.807, 2.05) is 6.92 Å². The molecule has 0 radical (unpaired) electrons. The lowest BCUT2D eigenvalue weighted by Crippen LogP contribution is -2.34. The second-order valence-electron chi connectivity index (χ2n) is 5.85. The predicted molar refractivity (Wildman–Crippen MR) is 73.2 cm³/mol. The van der Waals surface area contributed by atoms with E-state index >= 15 is 0 Å². The Hall–Kier alpha value is -1.29. The molecule has 0 bridgehead atoms. The largest absolute Gasteiger partial charge is 0.475 e. The zero-order valence-corrected chi connectivity index (χ0v) is 12.0. The first-order valence-corrected chi connectivity index (χ1v) is 7.02. The average molecular weight is 265 g/mol. The van der Waals surface area contributed by atoms with Crippen molar-refractivity contribution in [2.24, 2.45) is 11.8 Å². The number of carbonyl (C=O) groups is 1. The maximum absolute atomic E-state index is 10.9. The van der Waals surface area contributed by atoms with Crippen LogP contribution in [-0.4, -0.2) is 29.1 Å². The molecular weight excluding hydrogens is 242 g/mol. The first-order chi connectivity index (χ1) is 8.97. The molecule has 2 heterocycles. The predicted octanol–water partition coefficient (Wildman–Crippen LogP) is 3.15. The van der Waals surface area contributed by atoms with Crippen LogP contribution in [0.2, 0.25) is 0 Å². The summed E-state index contributed by atoms with van der Waals surface area (Å²) in [6.45, 7) is 9.40. The third kappa shape index (κ3) is 3.38. The SMILES string of the molecule is Cc1oc(C(=O)O)cc1CN1CCC(C(C)C)CC1. The summed E-state index contributed by atoms with van der Waals surface area (Å²) in [4.78, 5) is 13.3. The van der Waals surface area contributed by atoms with Crippen molar-refractivity contribution in [3.63, 3.8) is 0 Å². The second kappa shape index (κ2) is 5.78. The van der Waals surface area contributed by atoms with Gasteiger partial charge in [0.05, 0.1) is 0 Å². The first kappa shape index (κ1) is 14.1. The number of aryl methyl sites for hydroxylation is 1. The lowest BCUT2D eigenvalue weighted by atomic mass is 9.86. The molecule has 1 aromatic rings. The van der Waals surface area contributed by atoms with Crippen molar-refractivity contribution in [1.82, 2.24) is 4.90 Å². The summed E-state index contributed by atoms with van der Waals surface area (Å²) < 4.78 is 5.25. The minimum absolute atomic E-state index is 0.0459. The fourth-order valence-corrected chi connectivity index (χ4v) is 2.80. The molecule has 0 atom stereocenters. The molecule has 0 aliphatic carbocycles. The monoisotopic (exact) mass is 265 g/mol. The number of carboxylic acids is 1. The zero-order valence-electron chi connectivity index (χ0n) is 12.0. The van der Waals surface area contributed by atoms with Gasteiger partial charge in [-0.1, -0.05) is 13.8 Å². The van der Waals surface area contributed by atoms with Crippen LogP contribution in [0, 0.1) is 18.8 Å². The summed E-state index contributed by atoms with van der Waals surface area (Å²) in [5, 5.41) is 8.92. The van der Waals surface area contributed by atoms with E-state index in [9.17, 15) is 4.79 Å². The smallest absolute Gasteiger partial charge is 0.371 e. The standard InChI is InChI=1S/C15H23NO3/c1-10(2)12-4-6-16(7-5-12)9-13-8-14(15(17)18)19-11(13)3/h8,10,12H,4-7,9H2,1-3H3,(H,17,18). The van der Waals surface area contributed by atoms with Crippen LogP contribution in [0.4, 0.5) is 0 Å². The zero-order chi connectivity index (χ0) is 14.0. The highest BCUT2D eigenvalue weighted by atomic mass is 16.4. The van der Waals surface area contributed by atoms with Gasteiger partial charge in [-0.2, -0.15) is 0 Å². The van der Waals surface area contributed by atoms with Crippen LogP contribution in [0.3, 0.4) is 0 Å². The fourth-order valence-electron chi connectivity index (χ4n) is 2.80. The van der Waals surface area contributed by atoms with Gasteiger partial charge in [-0.3, -0.25) is 4.90 Å². The number of furan rings is 1. The number of likely N-dealkylation sites (tertiary alicyclic amines) is 1. The normalized spacial score (nSPS) is 18.1. The lowest BCUT2D eigenvalue weighted by molar-refractivity contribution is 0.0661. The molecule has 1 fully saturated rings. The number of piperidine rings is 1. The van der Waals surface area contributed by atoms with E-state index in [-0.39, 0.29) is 5.76 Å². The Bertz CT molecular complexity index is 442. The van der Waals surface area contributed by atoms with Gasteiger partial charge in [0.1, 0.15) is 5.76 Å². The molecule has 0 saturated carbocycles. The molecule has 4 heteroatoms. The molecule has 2 rings (SSSR count). The molecule has 1 saturated heterocycles. The summed E-state index contributed by atoms with van der Waals surface area (Å²) >= 11 is 0. The Morgan fingerprint density at radius 2 is 2.11 bits per heavy atom. The molecule has 1 N–H and O–H groups in total. The maximum atomic E-state index is 10.9. The summed E-state index contributed by atoms with van der Waals surface area (Å²) in [6.07, 6.45) is 2.47. The summed E-state index contributed by atoms with van der Waals surface area (Å²) in [5.41, 5.74) is 1.00. The van der Waals surface area contributed by atoms with Gasteiger partial charge in [-0.15, -0.1) is 0 Å². The van der Waals surface area contributed by atoms with Crippen LogP contribution in [0.15, 0.2) is 10.5 Å². The van der Waals surface area contributed by atoms with Gasteiger partial charge in [-0.25, -0.2) is 4.79 Å². The van der Waals surface area contributed by atoms with Gasteiger partial charge in [-0.05, 0) is 50.8 Å².